The first-order valence-electron chi connectivity index (χ1n) is 8.68. The first-order chi connectivity index (χ1) is 13.2. The summed E-state index contributed by atoms with van der Waals surface area (Å²) in [6, 6.07) is 4.06. The minimum absolute atomic E-state index is 0.175. The zero-order chi connectivity index (χ0) is 20.6. The molecule has 0 radical (unpaired) electrons. The monoisotopic (exact) mass is 467 g/mol. The van der Waals surface area contributed by atoms with Crippen LogP contribution in [0.4, 0.5) is 10.1 Å². The molecule has 1 atom stereocenters. The fourth-order valence-electron chi connectivity index (χ4n) is 2.87. The highest BCUT2D eigenvalue weighted by atomic mass is 79.9. The molecule has 6 nitrogen and oxygen atoms in total. The molecule has 3 rings (SSSR count). The molecule has 0 aliphatic carbocycles. The Balaban J connectivity index is 1.83. The van der Waals surface area contributed by atoms with Crippen LogP contribution in [-0.2, 0) is 11.3 Å². The molecule has 28 heavy (non-hydrogen) atoms. The van der Waals surface area contributed by atoms with Crippen molar-refractivity contribution in [1.82, 2.24) is 19.6 Å². The van der Waals surface area contributed by atoms with E-state index in [1.165, 1.54) is 6.07 Å². The maximum Gasteiger partial charge on any atom is 0.249 e. The van der Waals surface area contributed by atoms with Gasteiger partial charge in [-0.2, -0.15) is 10.2 Å². The maximum absolute atomic E-state index is 14.1. The van der Waals surface area contributed by atoms with E-state index < -0.39 is 6.04 Å². The van der Waals surface area contributed by atoms with Crippen molar-refractivity contribution in [1.29, 1.82) is 0 Å². The molecular weight excluding hydrogens is 449 g/mol. The minimum atomic E-state index is -0.506. The van der Waals surface area contributed by atoms with Gasteiger partial charge in [0.05, 0.1) is 33.8 Å². The SMILES string of the molecule is Cc1nn(C(C)C(=O)Nc2c(C)nn(Cc3c(F)cccc3Cl)c2C)cc1Br. The minimum Gasteiger partial charge on any atom is -0.321 e. The van der Waals surface area contributed by atoms with E-state index in [1.807, 2.05) is 13.8 Å². The van der Waals surface area contributed by atoms with Gasteiger partial charge >= 0.3 is 0 Å². The first kappa shape index (κ1) is 20.5. The van der Waals surface area contributed by atoms with Crippen LogP contribution >= 0.6 is 27.5 Å². The van der Waals surface area contributed by atoms with Gasteiger partial charge in [-0.15, -0.1) is 0 Å². The summed E-state index contributed by atoms with van der Waals surface area (Å²) in [5.74, 6) is -0.608. The van der Waals surface area contributed by atoms with Crippen molar-refractivity contribution < 1.29 is 9.18 Å². The van der Waals surface area contributed by atoms with E-state index in [4.69, 9.17) is 11.6 Å². The largest absolute Gasteiger partial charge is 0.321 e. The Morgan fingerprint density at radius 1 is 1.29 bits per heavy atom. The summed E-state index contributed by atoms with van der Waals surface area (Å²) in [5.41, 5.74) is 3.13. The highest BCUT2D eigenvalue weighted by Crippen LogP contribution is 2.25. The molecule has 1 amide bonds. The lowest BCUT2D eigenvalue weighted by molar-refractivity contribution is -0.119. The van der Waals surface area contributed by atoms with Gasteiger partial charge in [0.1, 0.15) is 11.9 Å². The topological polar surface area (TPSA) is 64.7 Å². The van der Waals surface area contributed by atoms with Crippen LogP contribution in [0.5, 0.6) is 0 Å². The van der Waals surface area contributed by atoms with Crippen LogP contribution in [-0.4, -0.2) is 25.5 Å². The Hall–Kier alpha value is -2.19. The van der Waals surface area contributed by atoms with E-state index >= 15 is 0 Å². The Morgan fingerprint density at radius 2 is 2.00 bits per heavy atom. The molecule has 0 saturated carbocycles. The molecule has 0 bridgehead atoms. The summed E-state index contributed by atoms with van der Waals surface area (Å²) < 4.78 is 18.2. The molecule has 0 fully saturated rings. The van der Waals surface area contributed by atoms with Crippen molar-refractivity contribution in [3.05, 3.63) is 62.4 Å². The number of carbonyl (C=O) groups excluding carboxylic acids is 1. The second-order valence-corrected chi connectivity index (χ2v) is 7.87. The molecule has 9 heteroatoms. The maximum atomic E-state index is 14.1. The summed E-state index contributed by atoms with van der Waals surface area (Å²) in [6.07, 6.45) is 1.77. The number of hydrogen-bond donors (Lipinski definition) is 1. The third-order valence-corrected chi connectivity index (χ3v) is 5.76. The second kappa shape index (κ2) is 8.05. The van der Waals surface area contributed by atoms with Crippen LogP contribution < -0.4 is 5.32 Å². The van der Waals surface area contributed by atoms with Gasteiger partial charge in [-0.3, -0.25) is 14.2 Å². The lowest BCUT2D eigenvalue weighted by Gasteiger charge is -2.13. The van der Waals surface area contributed by atoms with Crippen molar-refractivity contribution in [2.24, 2.45) is 0 Å². The molecule has 0 saturated heterocycles. The van der Waals surface area contributed by atoms with E-state index in [1.54, 1.807) is 41.5 Å². The van der Waals surface area contributed by atoms with Crippen molar-refractivity contribution in [3.8, 4) is 0 Å². The number of nitrogens with one attached hydrogen (secondary N) is 1. The molecule has 1 N–H and O–H groups in total. The zero-order valence-electron chi connectivity index (χ0n) is 15.9. The number of aromatic nitrogens is 4. The van der Waals surface area contributed by atoms with Crippen LogP contribution in [0, 0.1) is 26.6 Å². The van der Waals surface area contributed by atoms with Gasteiger partial charge in [0.15, 0.2) is 0 Å². The van der Waals surface area contributed by atoms with Crippen LogP contribution in [0.1, 0.15) is 35.6 Å². The number of amides is 1. The van der Waals surface area contributed by atoms with Gasteiger partial charge in [0, 0.05) is 16.8 Å². The van der Waals surface area contributed by atoms with Gasteiger partial charge < -0.3 is 5.32 Å². The third-order valence-electron chi connectivity index (χ3n) is 4.63. The Labute approximate surface area is 175 Å². The number of rotatable bonds is 5. The van der Waals surface area contributed by atoms with Crippen molar-refractivity contribution in [2.75, 3.05) is 5.32 Å². The van der Waals surface area contributed by atoms with E-state index in [0.717, 1.165) is 15.9 Å². The lowest BCUT2D eigenvalue weighted by Crippen LogP contribution is -2.24. The number of halogens is 3. The van der Waals surface area contributed by atoms with Crippen molar-refractivity contribution >= 4 is 39.1 Å². The van der Waals surface area contributed by atoms with Crippen LogP contribution in [0.3, 0.4) is 0 Å². The molecule has 0 aliphatic rings. The van der Waals surface area contributed by atoms with Crippen LogP contribution in [0.2, 0.25) is 5.02 Å². The first-order valence-corrected chi connectivity index (χ1v) is 9.85. The number of nitrogens with zero attached hydrogens (tertiary/aromatic N) is 4. The predicted molar refractivity (Wildman–Crippen MR) is 110 cm³/mol. The number of anilines is 1. The lowest BCUT2D eigenvalue weighted by atomic mass is 10.2. The van der Waals surface area contributed by atoms with E-state index in [2.05, 4.69) is 31.4 Å². The Bertz CT molecular complexity index is 1010. The van der Waals surface area contributed by atoms with Crippen LogP contribution in [0.15, 0.2) is 28.9 Å². The molecule has 0 spiro atoms. The fourth-order valence-corrected chi connectivity index (χ4v) is 3.38. The summed E-state index contributed by atoms with van der Waals surface area (Å²) in [5, 5.41) is 12.0. The van der Waals surface area contributed by atoms with E-state index in [-0.39, 0.29) is 18.3 Å². The molecule has 1 unspecified atom stereocenters. The smallest absolute Gasteiger partial charge is 0.249 e. The summed E-state index contributed by atoms with van der Waals surface area (Å²) in [6.45, 7) is 7.42. The predicted octanol–water partition coefficient (Wildman–Crippen LogP) is 4.81. The van der Waals surface area contributed by atoms with Gasteiger partial charge in [-0.25, -0.2) is 4.39 Å². The number of aryl methyl sites for hydroxylation is 2. The third kappa shape index (κ3) is 3.98. The van der Waals surface area contributed by atoms with Gasteiger partial charge in [-0.1, -0.05) is 17.7 Å². The van der Waals surface area contributed by atoms with Crippen molar-refractivity contribution in [3.63, 3.8) is 0 Å². The van der Waals surface area contributed by atoms with E-state index in [0.29, 0.717) is 22.0 Å². The average Bonchev–Trinajstić information content (AvgIpc) is 3.11. The normalized spacial score (nSPS) is 12.2. The number of hydrogen-bond acceptors (Lipinski definition) is 3. The number of carbonyl (C=O) groups is 1. The molecule has 148 valence electrons. The van der Waals surface area contributed by atoms with E-state index in [9.17, 15) is 9.18 Å². The average molecular weight is 469 g/mol. The highest BCUT2D eigenvalue weighted by molar-refractivity contribution is 9.10. The Kier molecular flexibility index (Phi) is 5.90. The van der Waals surface area contributed by atoms with Gasteiger partial charge in [0.25, 0.3) is 0 Å². The fraction of sp³-hybridized carbons (Fsp3) is 0.316. The zero-order valence-corrected chi connectivity index (χ0v) is 18.3. The summed E-state index contributed by atoms with van der Waals surface area (Å²) in [7, 11) is 0. The molecule has 1 aromatic carbocycles. The molecule has 3 aromatic rings. The Morgan fingerprint density at radius 3 is 2.61 bits per heavy atom. The summed E-state index contributed by atoms with van der Waals surface area (Å²) in [4.78, 5) is 12.7. The quantitative estimate of drug-likeness (QED) is 0.584. The molecular formula is C19H20BrClFN5O. The molecule has 2 heterocycles. The second-order valence-electron chi connectivity index (χ2n) is 6.61. The highest BCUT2D eigenvalue weighted by Gasteiger charge is 2.21. The van der Waals surface area contributed by atoms with Crippen molar-refractivity contribution in [2.45, 2.75) is 40.3 Å². The molecule has 2 aromatic heterocycles. The van der Waals surface area contributed by atoms with Gasteiger partial charge in [-0.05, 0) is 55.8 Å². The molecule has 0 aliphatic heterocycles. The summed E-state index contributed by atoms with van der Waals surface area (Å²) >= 11 is 9.52. The van der Waals surface area contributed by atoms with Gasteiger partial charge in [0.2, 0.25) is 5.91 Å². The van der Waals surface area contributed by atoms with Crippen LogP contribution in [0.25, 0.3) is 0 Å². The standard InChI is InChI=1S/C19H20BrClFN5O/c1-10-15(20)9-27(24-10)13(4)19(28)23-18-11(2)25-26(12(18)3)8-14-16(21)6-5-7-17(14)22/h5-7,9,13H,8H2,1-4H3,(H,23,28). The number of benzene rings is 1.